The van der Waals surface area contributed by atoms with Crippen molar-refractivity contribution in [3.05, 3.63) is 34.9 Å². The third-order valence-electron chi connectivity index (χ3n) is 4.42. The summed E-state index contributed by atoms with van der Waals surface area (Å²) < 4.78 is 0. The monoisotopic (exact) mass is 292 g/mol. The van der Waals surface area contributed by atoms with Gasteiger partial charge in [0.2, 0.25) is 0 Å². The number of Topliss-reactive ketones (excluding diaryl/α,β-unsaturated/α-hetero) is 1. The predicted molar refractivity (Wildman–Crippen MR) is 81.4 cm³/mol. The van der Waals surface area contributed by atoms with Gasteiger partial charge in [-0.3, -0.25) is 14.6 Å². The van der Waals surface area contributed by atoms with E-state index in [2.05, 4.69) is 9.80 Å². The highest BCUT2D eigenvalue weighted by molar-refractivity contribution is 6.31. The third kappa shape index (κ3) is 3.22. The van der Waals surface area contributed by atoms with Crippen molar-refractivity contribution in [2.75, 3.05) is 32.7 Å². The molecule has 4 heteroatoms. The Morgan fingerprint density at radius 3 is 2.80 bits per heavy atom. The molecule has 108 valence electrons. The van der Waals surface area contributed by atoms with Gasteiger partial charge >= 0.3 is 0 Å². The minimum atomic E-state index is 0.176. The Balaban J connectivity index is 1.55. The number of carbonyl (C=O) groups is 1. The Morgan fingerprint density at radius 1 is 1.25 bits per heavy atom. The molecule has 0 saturated carbocycles. The van der Waals surface area contributed by atoms with Crippen LogP contribution in [0.15, 0.2) is 24.3 Å². The molecular formula is C16H21ClN2O. The first kappa shape index (κ1) is 14.1. The lowest BCUT2D eigenvalue weighted by atomic mass is 10.1. The van der Waals surface area contributed by atoms with E-state index in [1.54, 1.807) is 12.1 Å². The quantitative estimate of drug-likeness (QED) is 0.797. The zero-order chi connectivity index (χ0) is 13.9. The molecule has 2 fully saturated rings. The highest BCUT2D eigenvalue weighted by Crippen LogP contribution is 2.21. The molecule has 2 aliphatic rings. The van der Waals surface area contributed by atoms with Crippen LogP contribution in [0.3, 0.4) is 0 Å². The van der Waals surface area contributed by atoms with E-state index in [-0.39, 0.29) is 5.78 Å². The van der Waals surface area contributed by atoms with E-state index in [1.165, 1.54) is 32.4 Å². The summed E-state index contributed by atoms with van der Waals surface area (Å²) in [7, 11) is 0. The van der Waals surface area contributed by atoms with Gasteiger partial charge in [-0.25, -0.2) is 0 Å². The molecule has 3 nitrogen and oxygen atoms in total. The number of hydrogen-bond acceptors (Lipinski definition) is 3. The number of nitrogens with zero attached hydrogens (tertiary/aromatic N) is 2. The average molecular weight is 293 g/mol. The highest BCUT2D eigenvalue weighted by atomic mass is 35.5. The molecule has 3 rings (SSSR count). The van der Waals surface area contributed by atoms with Crippen LogP contribution in [0, 0.1) is 0 Å². The molecule has 2 saturated heterocycles. The van der Waals surface area contributed by atoms with E-state index in [0.717, 1.165) is 18.7 Å². The molecule has 2 heterocycles. The van der Waals surface area contributed by atoms with E-state index in [4.69, 9.17) is 11.6 Å². The van der Waals surface area contributed by atoms with Crippen LogP contribution in [0.1, 0.15) is 29.6 Å². The maximum Gasteiger partial charge on any atom is 0.176 e. The molecule has 2 aliphatic heterocycles. The van der Waals surface area contributed by atoms with Crippen molar-refractivity contribution >= 4 is 17.4 Å². The zero-order valence-electron chi connectivity index (χ0n) is 11.7. The fourth-order valence-electron chi connectivity index (χ4n) is 3.32. The summed E-state index contributed by atoms with van der Waals surface area (Å²) in [6, 6.07) is 7.91. The third-order valence-corrected chi connectivity index (χ3v) is 4.65. The van der Waals surface area contributed by atoms with Crippen LogP contribution in [-0.2, 0) is 0 Å². The summed E-state index contributed by atoms with van der Waals surface area (Å²) in [5.41, 5.74) is 0.724. The zero-order valence-corrected chi connectivity index (χ0v) is 12.5. The molecule has 0 aromatic heterocycles. The minimum absolute atomic E-state index is 0.176. The maximum absolute atomic E-state index is 12.3. The van der Waals surface area contributed by atoms with Crippen molar-refractivity contribution in [2.24, 2.45) is 0 Å². The molecule has 1 atom stereocenters. The van der Waals surface area contributed by atoms with Crippen molar-refractivity contribution in [3.8, 4) is 0 Å². The van der Waals surface area contributed by atoms with E-state index in [9.17, 15) is 4.79 Å². The first-order valence-electron chi connectivity index (χ1n) is 7.47. The first-order valence-corrected chi connectivity index (χ1v) is 7.85. The number of halogens is 1. The molecule has 0 bridgehead atoms. The largest absolute Gasteiger partial charge is 0.299 e. The molecule has 1 aromatic carbocycles. The van der Waals surface area contributed by atoms with E-state index in [0.29, 0.717) is 17.6 Å². The molecule has 20 heavy (non-hydrogen) atoms. The van der Waals surface area contributed by atoms with Crippen molar-refractivity contribution in [1.29, 1.82) is 0 Å². The summed E-state index contributed by atoms with van der Waals surface area (Å²) >= 11 is 5.94. The summed E-state index contributed by atoms with van der Waals surface area (Å²) in [6.45, 7) is 5.06. The second kappa shape index (κ2) is 6.25. The van der Waals surface area contributed by atoms with Crippen molar-refractivity contribution in [2.45, 2.75) is 25.3 Å². The van der Waals surface area contributed by atoms with Gasteiger partial charge in [0.05, 0.1) is 6.54 Å². The Labute approximate surface area is 125 Å². The van der Waals surface area contributed by atoms with Gasteiger partial charge in [0, 0.05) is 29.7 Å². The van der Waals surface area contributed by atoms with Crippen molar-refractivity contribution < 1.29 is 4.79 Å². The van der Waals surface area contributed by atoms with Crippen LogP contribution in [0.25, 0.3) is 0 Å². The molecule has 0 N–H and O–H groups in total. The first-order chi connectivity index (χ1) is 9.72. The molecule has 0 spiro atoms. The van der Waals surface area contributed by atoms with Gasteiger partial charge in [0.15, 0.2) is 5.78 Å². The van der Waals surface area contributed by atoms with E-state index in [1.807, 2.05) is 12.1 Å². The normalized spacial score (nSPS) is 24.4. The van der Waals surface area contributed by atoms with Crippen LogP contribution in [-0.4, -0.2) is 54.3 Å². The number of rotatable bonds is 4. The lowest BCUT2D eigenvalue weighted by molar-refractivity contribution is 0.0940. The Morgan fingerprint density at radius 2 is 2.05 bits per heavy atom. The van der Waals surface area contributed by atoms with Gasteiger partial charge in [-0.15, -0.1) is 0 Å². The van der Waals surface area contributed by atoms with Gasteiger partial charge in [0.25, 0.3) is 0 Å². The highest BCUT2D eigenvalue weighted by Gasteiger charge is 2.30. The fourth-order valence-corrected chi connectivity index (χ4v) is 3.51. The Bertz CT molecular complexity index is 485. The Kier molecular flexibility index (Phi) is 4.39. The number of ketones is 1. The van der Waals surface area contributed by atoms with Gasteiger partial charge < -0.3 is 0 Å². The second-order valence-electron chi connectivity index (χ2n) is 5.85. The van der Waals surface area contributed by atoms with E-state index >= 15 is 0 Å². The van der Waals surface area contributed by atoms with Gasteiger partial charge in [-0.1, -0.05) is 23.7 Å². The van der Waals surface area contributed by atoms with Gasteiger partial charge in [-0.05, 0) is 44.5 Å². The van der Waals surface area contributed by atoms with Crippen LogP contribution in [0.5, 0.6) is 0 Å². The summed E-state index contributed by atoms with van der Waals surface area (Å²) in [4.78, 5) is 17.1. The summed E-state index contributed by atoms with van der Waals surface area (Å²) in [5.74, 6) is 0.176. The number of benzene rings is 1. The number of hydrogen-bond donors (Lipinski definition) is 0. The van der Waals surface area contributed by atoms with Crippen LogP contribution < -0.4 is 0 Å². The van der Waals surface area contributed by atoms with Crippen LogP contribution >= 0.6 is 11.6 Å². The average Bonchev–Trinajstić information content (AvgIpc) is 3.08. The molecule has 1 aromatic rings. The fraction of sp³-hybridized carbons (Fsp3) is 0.562. The maximum atomic E-state index is 12.3. The van der Waals surface area contributed by atoms with E-state index < -0.39 is 0 Å². The van der Waals surface area contributed by atoms with Gasteiger partial charge in [-0.2, -0.15) is 0 Å². The molecule has 0 amide bonds. The Hall–Kier alpha value is -0.900. The standard InChI is InChI=1S/C16H21ClN2O/c17-14-5-3-4-13(10-14)16(20)12-18-9-6-15(11-18)19-7-1-2-8-19/h3-5,10,15H,1-2,6-9,11-12H2. The second-order valence-corrected chi connectivity index (χ2v) is 6.29. The smallest absolute Gasteiger partial charge is 0.176 e. The van der Waals surface area contributed by atoms with Crippen molar-refractivity contribution in [1.82, 2.24) is 9.80 Å². The minimum Gasteiger partial charge on any atom is -0.299 e. The summed E-state index contributed by atoms with van der Waals surface area (Å²) in [6.07, 6.45) is 3.86. The van der Waals surface area contributed by atoms with Crippen LogP contribution in [0.4, 0.5) is 0 Å². The summed E-state index contributed by atoms with van der Waals surface area (Å²) in [5, 5.41) is 0.632. The van der Waals surface area contributed by atoms with Crippen LogP contribution in [0.2, 0.25) is 5.02 Å². The molecule has 0 radical (unpaired) electrons. The number of likely N-dealkylation sites (tertiary alicyclic amines) is 2. The predicted octanol–water partition coefficient (Wildman–Crippen LogP) is 2.69. The SMILES string of the molecule is O=C(CN1CCC(N2CCCC2)C1)c1cccc(Cl)c1. The molecule has 0 aliphatic carbocycles. The number of carbonyl (C=O) groups excluding carboxylic acids is 1. The topological polar surface area (TPSA) is 23.6 Å². The lowest BCUT2D eigenvalue weighted by Crippen LogP contribution is -2.36. The van der Waals surface area contributed by atoms with Gasteiger partial charge in [0.1, 0.15) is 0 Å². The molecular weight excluding hydrogens is 272 g/mol. The molecule has 1 unspecified atom stereocenters. The lowest BCUT2D eigenvalue weighted by Gasteiger charge is -2.23. The van der Waals surface area contributed by atoms with Crippen molar-refractivity contribution in [3.63, 3.8) is 0 Å².